The fourth-order valence-electron chi connectivity index (χ4n) is 9.89. The normalized spacial score (nSPS) is 24.6. The average Bonchev–Trinajstić information content (AvgIpc) is 3.40. The molecule has 7 nitrogen and oxygen atoms in total. The molecule has 0 amide bonds. The highest BCUT2D eigenvalue weighted by molar-refractivity contribution is 5.89. The Kier molecular flexibility index (Phi) is 8.32. The van der Waals surface area contributed by atoms with E-state index >= 15 is 0 Å². The second-order valence-corrected chi connectivity index (χ2v) is 18.5. The predicted octanol–water partition coefficient (Wildman–Crippen LogP) is 8.24. The molecule has 5 heterocycles. The van der Waals surface area contributed by atoms with E-state index in [2.05, 4.69) is 128 Å². The van der Waals surface area contributed by atoms with Gasteiger partial charge >= 0.3 is 6.03 Å². The summed E-state index contributed by atoms with van der Waals surface area (Å²) in [4.78, 5) is 9.97. The van der Waals surface area contributed by atoms with Crippen molar-refractivity contribution in [3.8, 4) is 22.6 Å². The number of fused-ring (bicyclic) bond motifs is 6. The molecule has 6 aliphatic rings. The number of hydrogen-bond acceptors (Lipinski definition) is 5. The number of hydrogen-bond donors (Lipinski definition) is 0. The van der Waals surface area contributed by atoms with E-state index in [1.165, 1.54) is 65.0 Å². The molecule has 5 aliphatic heterocycles. The Morgan fingerprint density at radius 2 is 1.47 bits per heavy atom. The van der Waals surface area contributed by atoms with Gasteiger partial charge in [0.15, 0.2) is 29.9 Å². The van der Waals surface area contributed by atoms with Crippen LogP contribution in [0.4, 0.5) is 0 Å². The van der Waals surface area contributed by atoms with Gasteiger partial charge in [0, 0.05) is 56.7 Å². The third-order valence-corrected chi connectivity index (χ3v) is 12.6. The van der Waals surface area contributed by atoms with Crippen molar-refractivity contribution in [2.45, 2.75) is 129 Å². The van der Waals surface area contributed by atoms with Crippen LogP contribution in [0.25, 0.3) is 11.1 Å². The summed E-state index contributed by atoms with van der Waals surface area (Å²) >= 11 is 0. The largest absolute Gasteiger partial charge is 0.704 e. The fraction of sp³-hybridized carbons (Fsp3) is 0.543. The number of nitrogens with zero attached hydrogens (tertiary/aromatic N) is 5. The highest BCUT2D eigenvalue weighted by Gasteiger charge is 2.76. The Morgan fingerprint density at radius 3 is 2.21 bits per heavy atom. The first-order valence-corrected chi connectivity index (χ1v) is 20.5. The molecule has 7 heteroatoms. The Balaban J connectivity index is 1.12. The van der Waals surface area contributed by atoms with Gasteiger partial charge in [-0.2, -0.15) is 0 Å². The number of benzene rings is 3. The van der Waals surface area contributed by atoms with E-state index in [1.54, 1.807) is 0 Å². The number of guanidine groups is 1. The maximum Gasteiger partial charge on any atom is 0.704 e. The van der Waals surface area contributed by atoms with E-state index in [9.17, 15) is 0 Å². The monoisotopic (exact) mass is 713 g/mol. The van der Waals surface area contributed by atoms with Crippen molar-refractivity contribution in [1.29, 1.82) is 0 Å². The minimum Gasteiger partial charge on any atom is -0.343 e. The summed E-state index contributed by atoms with van der Waals surface area (Å²) < 4.78 is 20.0. The smallest absolute Gasteiger partial charge is 0.343 e. The lowest BCUT2D eigenvalue weighted by atomic mass is 9.79. The molecule has 53 heavy (non-hydrogen) atoms. The molecule has 2 saturated heterocycles. The number of aliphatic imine (C=N–C) groups is 1. The molecule has 1 saturated carbocycles. The minimum atomic E-state index is -1.08. The van der Waals surface area contributed by atoms with Gasteiger partial charge in [-0.05, 0) is 96.7 Å². The van der Waals surface area contributed by atoms with Gasteiger partial charge in [-0.1, -0.05) is 81.0 Å². The summed E-state index contributed by atoms with van der Waals surface area (Å²) in [5.41, 5.74) is 9.83. The predicted molar refractivity (Wildman–Crippen MR) is 214 cm³/mol. The van der Waals surface area contributed by atoms with Crippen molar-refractivity contribution in [2.75, 3.05) is 32.7 Å². The van der Waals surface area contributed by atoms with Crippen molar-refractivity contribution >= 4 is 18.4 Å². The Morgan fingerprint density at radius 1 is 0.774 bits per heavy atom. The molecule has 278 valence electrons. The van der Waals surface area contributed by atoms with Crippen LogP contribution in [0.2, 0.25) is 0 Å². The van der Waals surface area contributed by atoms with Crippen molar-refractivity contribution in [2.24, 2.45) is 4.99 Å². The molecular weight excluding hydrogens is 655 g/mol. The summed E-state index contributed by atoms with van der Waals surface area (Å²) in [6.45, 7) is 21.5. The molecule has 0 N–H and O–H groups in total. The van der Waals surface area contributed by atoms with Crippen LogP contribution in [-0.4, -0.2) is 88.2 Å². The van der Waals surface area contributed by atoms with Crippen LogP contribution < -0.4 is 9.47 Å². The van der Waals surface area contributed by atoms with E-state index < -0.39 is 6.03 Å². The Hall–Kier alpha value is -4.13. The van der Waals surface area contributed by atoms with Crippen LogP contribution in [0, 0.1) is 6.92 Å². The van der Waals surface area contributed by atoms with Crippen LogP contribution >= 0.6 is 0 Å². The first-order valence-electron chi connectivity index (χ1n) is 20.5. The summed E-state index contributed by atoms with van der Waals surface area (Å²) in [5, 5.41) is 0. The summed E-state index contributed by atoms with van der Waals surface area (Å²) in [7, 11) is 0. The Bertz CT molecular complexity index is 2050. The van der Waals surface area contributed by atoms with Gasteiger partial charge in [-0.25, -0.2) is 0 Å². The molecule has 0 radical (unpaired) electrons. The van der Waals surface area contributed by atoms with Gasteiger partial charge in [0.1, 0.15) is 0 Å². The summed E-state index contributed by atoms with van der Waals surface area (Å²) in [6.07, 6.45) is 14.0. The third kappa shape index (κ3) is 5.88. The molecular formula is C46H59N5O2+2. The molecule has 0 bridgehead atoms. The van der Waals surface area contributed by atoms with Crippen molar-refractivity contribution in [3.05, 3.63) is 81.9 Å². The van der Waals surface area contributed by atoms with Crippen LogP contribution in [0.15, 0.2) is 53.5 Å². The molecule has 1 aliphatic carbocycles. The lowest BCUT2D eigenvalue weighted by molar-refractivity contribution is -0.865. The van der Waals surface area contributed by atoms with Crippen molar-refractivity contribution in [1.82, 2.24) is 9.80 Å². The maximum atomic E-state index is 7.55. The second-order valence-electron chi connectivity index (χ2n) is 18.5. The molecule has 3 unspecified atom stereocenters. The average molecular weight is 714 g/mol. The second kappa shape index (κ2) is 12.7. The number of aryl methyl sites for hydroxylation is 2. The first kappa shape index (κ1) is 34.6. The molecule has 3 aromatic rings. The van der Waals surface area contributed by atoms with Crippen molar-refractivity contribution in [3.63, 3.8) is 0 Å². The van der Waals surface area contributed by atoms with Gasteiger partial charge < -0.3 is 19.3 Å². The first-order chi connectivity index (χ1) is 25.4. The lowest BCUT2D eigenvalue weighted by Gasteiger charge is -2.41. The number of ether oxygens (including phenoxy) is 2. The van der Waals surface area contributed by atoms with Gasteiger partial charge in [0.25, 0.3) is 0 Å². The van der Waals surface area contributed by atoms with Crippen LogP contribution in [0.5, 0.6) is 11.5 Å². The zero-order valence-corrected chi connectivity index (χ0v) is 33.2. The maximum absolute atomic E-state index is 7.55. The molecule has 9 rings (SSSR count). The molecule has 3 atom stereocenters. The topological polar surface area (TPSA) is 43.3 Å². The number of rotatable bonds is 5. The van der Waals surface area contributed by atoms with Gasteiger partial charge in [-0.15, -0.1) is 0 Å². The SMILES string of the molecule is Cc1cc2c(c(-c3ccccc3CCCN3CCCN4CCCN=C43)c1)OC13Oc4c(cc(C(C)(C)C)cc4C(C)(C)C)C=[N+]1C1CCCCC1[N+]3=C2. The van der Waals surface area contributed by atoms with Crippen LogP contribution in [-0.2, 0) is 17.3 Å². The molecule has 0 aromatic heterocycles. The highest BCUT2D eigenvalue weighted by atomic mass is 16.7. The zero-order chi connectivity index (χ0) is 36.7. The van der Waals surface area contributed by atoms with Gasteiger partial charge in [-0.3, -0.25) is 4.99 Å². The standard InChI is InChI=1S/C46H59N5O2/c1-31-25-33-29-50-39-18-10-11-19-40(39)51-30-34-27-35(44(2,3)4)28-38(45(5,6)7)42(34)53-46(50,51)52-41(33)37(26-31)36-17-9-8-15-32(36)16-12-21-48-23-14-24-49-22-13-20-47-43(48)49/h8-9,15,17,25-30,39-40H,10-14,16,18-24H2,1-7H3/q+2. The van der Waals surface area contributed by atoms with E-state index in [0.29, 0.717) is 12.1 Å². The quantitative estimate of drug-likeness (QED) is 0.250. The van der Waals surface area contributed by atoms with E-state index in [1.807, 2.05) is 0 Å². The third-order valence-electron chi connectivity index (χ3n) is 12.6. The van der Waals surface area contributed by atoms with Gasteiger partial charge in [0.05, 0.1) is 11.1 Å². The summed E-state index contributed by atoms with van der Waals surface area (Å²) in [5.74, 6) is 3.11. The molecule has 1 spiro atoms. The Labute approximate surface area is 317 Å². The summed E-state index contributed by atoms with van der Waals surface area (Å²) in [6, 6.07) is 17.9. The zero-order valence-electron chi connectivity index (χ0n) is 33.2. The minimum absolute atomic E-state index is 0.0226. The van der Waals surface area contributed by atoms with E-state index in [0.717, 1.165) is 81.0 Å². The van der Waals surface area contributed by atoms with Crippen LogP contribution in [0.1, 0.15) is 120 Å². The molecule has 3 fully saturated rings. The fourth-order valence-corrected chi connectivity index (χ4v) is 9.89. The van der Waals surface area contributed by atoms with Crippen molar-refractivity contribution < 1.29 is 18.6 Å². The van der Waals surface area contributed by atoms with E-state index in [4.69, 9.17) is 14.5 Å². The lowest BCUT2D eigenvalue weighted by Crippen LogP contribution is -2.60. The van der Waals surface area contributed by atoms with Gasteiger partial charge in [0.2, 0.25) is 12.1 Å². The highest BCUT2D eigenvalue weighted by Crippen LogP contribution is 2.50. The van der Waals surface area contributed by atoms with E-state index in [-0.39, 0.29) is 10.8 Å². The van der Waals surface area contributed by atoms with Crippen LogP contribution in [0.3, 0.4) is 0 Å². The molecule has 3 aromatic carbocycles.